The summed E-state index contributed by atoms with van der Waals surface area (Å²) in [7, 11) is 0. The van der Waals surface area contributed by atoms with Crippen LogP contribution in [0.4, 0.5) is 14.6 Å². The third-order valence-corrected chi connectivity index (χ3v) is 2.92. The Labute approximate surface area is 107 Å². The number of fused-ring (bicyclic) bond motifs is 1. The van der Waals surface area contributed by atoms with Gasteiger partial charge in [0.2, 0.25) is 0 Å². The zero-order valence-electron chi connectivity index (χ0n) is 9.77. The summed E-state index contributed by atoms with van der Waals surface area (Å²) in [5.74, 6) is -1.59. The molecule has 5 heteroatoms. The monoisotopic (exact) mass is 257 g/mol. The van der Waals surface area contributed by atoms with Gasteiger partial charge in [-0.2, -0.15) is 0 Å². The molecule has 1 aromatic heterocycles. The maximum Gasteiger partial charge on any atom is 0.168 e. The van der Waals surface area contributed by atoms with Crippen molar-refractivity contribution in [3.63, 3.8) is 0 Å². The van der Waals surface area contributed by atoms with Gasteiger partial charge in [0.15, 0.2) is 17.5 Å². The highest BCUT2D eigenvalue weighted by molar-refractivity contribution is 5.99. The highest BCUT2D eigenvalue weighted by Gasteiger charge is 2.15. The average Bonchev–Trinajstić information content (AvgIpc) is 2.43. The smallest absolute Gasteiger partial charge is 0.168 e. The normalized spacial score (nSPS) is 10.8. The Morgan fingerprint density at radius 2 is 1.58 bits per heavy atom. The van der Waals surface area contributed by atoms with Crippen molar-refractivity contribution in [2.75, 3.05) is 5.73 Å². The summed E-state index contributed by atoms with van der Waals surface area (Å²) in [5.41, 5.74) is 6.08. The zero-order chi connectivity index (χ0) is 13.4. The van der Waals surface area contributed by atoms with Gasteiger partial charge in [-0.1, -0.05) is 30.3 Å². The van der Waals surface area contributed by atoms with Crippen LogP contribution in [0.5, 0.6) is 0 Å². The summed E-state index contributed by atoms with van der Waals surface area (Å²) >= 11 is 0. The Morgan fingerprint density at radius 3 is 2.37 bits per heavy atom. The molecule has 0 aliphatic heterocycles. The van der Waals surface area contributed by atoms with Crippen LogP contribution < -0.4 is 5.73 Å². The molecule has 0 bridgehead atoms. The number of nitrogens with zero attached hydrogens (tertiary/aromatic N) is 2. The zero-order valence-corrected chi connectivity index (χ0v) is 9.77. The minimum atomic E-state index is -0.938. The first kappa shape index (κ1) is 11.5. The molecule has 0 saturated heterocycles. The Morgan fingerprint density at radius 1 is 0.842 bits per heavy atom. The molecule has 0 atom stereocenters. The van der Waals surface area contributed by atoms with Gasteiger partial charge in [0.05, 0.1) is 0 Å². The molecule has 0 unspecified atom stereocenters. The van der Waals surface area contributed by atoms with Crippen LogP contribution in [0.1, 0.15) is 0 Å². The lowest BCUT2D eigenvalue weighted by Gasteiger charge is -2.07. The molecule has 94 valence electrons. The van der Waals surface area contributed by atoms with Gasteiger partial charge in [-0.25, -0.2) is 8.78 Å². The van der Waals surface area contributed by atoms with Crippen LogP contribution in [0.25, 0.3) is 22.0 Å². The summed E-state index contributed by atoms with van der Waals surface area (Å²) < 4.78 is 27.1. The largest absolute Gasteiger partial charge is 0.382 e. The lowest BCUT2D eigenvalue weighted by molar-refractivity contribution is 0.511. The molecule has 0 radical (unpaired) electrons. The van der Waals surface area contributed by atoms with E-state index in [1.54, 1.807) is 24.3 Å². The highest BCUT2D eigenvalue weighted by atomic mass is 19.2. The minimum absolute atomic E-state index is 0.0729. The van der Waals surface area contributed by atoms with Crippen molar-refractivity contribution < 1.29 is 8.78 Å². The standard InChI is InChI=1S/C14H9F2N3/c15-11-7-3-6-10(12(11)16)13-8-4-1-2-5-9(8)14(17)19-18-13/h1-7H,(H2,17,19). The minimum Gasteiger partial charge on any atom is -0.382 e. The van der Waals surface area contributed by atoms with E-state index in [-0.39, 0.29) is 17.1 Å². The molecule has 19 heavy (non-hydrogen) atoms. The number of hydrogen-bond donors (Lipinski definition) is 1. The summed E-state index contributed by atoms with van der Waals surface area (Å²) in [5, 5.41) is 8.99. The number of aromatic nitrogens is 2. The van der Waals surface area contributed by atoms with Gasteiger partial charge in [-0.3, -0.25) is 0 Å². The van der Waals surface area contributed by atoms with E-state index in [1.165, 1.54) is 12.1 Å². The van der Waals surface area contributed by atoms with Gasteiger partial charge in [0.1, 0.15) is 5.69 Å². The molecule has 0 amide bonds. The number of nitrogens with two attached hydrogens (primary N) is 1. The van der Waals surface area contributed by atoms with Crippen LogP contribution in [-0.2, 0) is 0 Å². The molecular formula is C14H9F2N3. The maximum atomic E-state index is 13.8. The van der Waals surface area contributed by atoms with E-state index in [1.807, 2.05) is 0 Å². The van der Waals surface area contributed by atoms with E-state index in [2.05, 4.69) is 10.2 Å². The fourth-order valence-corrected chi connectivity index (χ4v) is 2.01. The van der Waals surface area contributed by atoms with Gasteiger partial charge in [-0.15, -0.1) is 10.2 Å². The van der Waals surface area contributed by atoms with Crippen LogP contribution >= 0.6 is 0 Å². The topological polar surface area (TPSA) is 51.8 Å². The van der Waals surface area contributed by atoms with Crippen molar-refractivity contribution in [3.8, 4) is 11.3 Å². The molecular weight excluding hydrogens is 248 g/mol. The molecule has 3 aromatic rings. The third-order valence-electron chi connectivity index (χ3n) is 2.92. The Kier molecular flexibility index (Phi) is 2.59. The molecule has 1 heterocycles. The number of nitrogen functional groups attached to an aromatic ring is 1. The number of halogens is 2. The second kappa shape index (κ2) is 4.28. The summed E-state index contributed by atoms with van der Waals surface area (Å²) in [6.07, 6.45) is 0. The lowest BCUT2D eigenvalue weighted by atomic mass is 10.0. The van der Waals surface area contributed by atoms with Gasteiger partial charge in [-0.05, 0) is 12.1 Å². The first-order valence-electron chi connectivity index (χ1n) is 5.64. The van der Waals surface area contributed by atoms with Gasteiger partial charge >= 0.3 is 0 Å². The van der Waals surface area contributed by atoms with Crippen molar-refractivity contribution in [1.29, 1.82) is 0 Å². The average molecular weight is 257 g/mol. The molecule has 0 aliphatic carbocycles. The Bertz CT molecular complexity index is 772. The van der Waals surface area contributed by atoms with Crippen molar-refractivity contribution in [2.45, 2.75) is 0 Å². The van der Waals surface area contributed by atoms with E-state index in [0.29, 0.717) is 10.8 Å². The Hall–Kier alpha value is -2.56. The lowest BCUT2D eigenvalue weighted by Crippen LogP contribution is -1.99. The molecule has 0 aliphatic rings. The number of anilines is 1. The van der Waals surface area contributed by atoms with E-state index >= 15 is 0 Å². The SMILES string of the molecule is Nc1nnc(-c2cccc(F)c2F)c2ccccc12. The van der Waals surface area contributed by atoms with Crippen LogP contribution in [0.3, 0.4) is 0 Å². The summed E-state index contributed by atoms with van der Waals surface area (Å²) in [4.78, 5) is 0. The van der Waals surface area contributed by atoms with E-state index in [0.717, 1.165) is 6.07 Å². The molecule has 3 nitrogen and oxygen atoms in total. The van der Waals surface area contributed by atoms with E-state index in [9.17, 15) is 8.78 Å². The highest BCUT2D eigenvalue weighted by Crippen LogP contribution is 2.30. The first-order chi connectivity index (χ1) is 9.18. The molecule has 2 aromatic carbocycles. The van der Waals surface area contributed by atoms with E-state index < -0.39 is 11.6 Å². The second-order valence-electron chi connectivity index (χ2n) is 4.08. The number of rotatable bonds is 1. The fraction of sp³-hybridized carbons (Fsp3) is 0. The summed E-state index contributed by atoms with van der Waals surface area (Å²) in [6.45, 7) is 0. The Balaban J connectivity index is 2.38. The first-order valence-corrected chi connectivity index (χ1v) is 5.64. The van der Waals surface area contributed by atoms with Crippen LogP contribution in [0, 0.1) is 11.6 Å². The second-order valence-corrected chi connectivity index (χ2v) is 4.08. The van der Waals surface area contributed by atoms with Crippen molar-refractivity contribution in [3.05, 3.63) is 54.1 Å². The maximum absolute atomic E-state index is 13.8. The van der Waals surface area contributed by atoms with Crippen LogP contribution in [0.2, 0.25) is 0 Å². The predicted octanol–water partition coefficient (Wildman–Crippen LogP) is 3.16. The molecule has 0 saturated carbocycles. The van der Waals surface area contributed by atoms with Crippen molar-refractivity contribution >= 4 is 16.6 Å². The van der Waals surface area contributed by atoms with Gasteiger partial charge in [0, 0.05) is 16.3 Å². The van der Waals surface area contributed by atoms with Crippen molar-refractivity contribution in [2.24, 2.45) is 0 Å². The molecule has 3 rings (SSSR count). The summed E-state index contributed by atoms with van der Waals surface area (Å²) in [6, 6.07) is 11.0. The number of benzene rings is 2. The quantitative estimate of drug-likeness (QED) is 0.728. The van der Waals surface area contributed by atoms with Crippen LogP contribution in [0.15, 0.2) is 42.5 Å². The van der Waals surface area contributed by atoms with Crippen molar-refractivity contribution in [1.82, 2.24) is 10.2 Å². The van der Waals surface area contributed by atoms with Gasteiger partial charge < -0.3 is 5.73 Å². The molecule has 0 spiro atoms. The molecule has 0 fully saturated rings. The third kappa shape index (κ3) is 1.79. The fourth-order valence-electron chi connectivity index (χ4n) is 2.01. The predicted molar refractivity (Wildman–Crippen MR) is 69.3 cm³/mol. The molecule has 2 N–H and O–H groups in total. The number of hydrogen-bond acceptors (Lipinski definition) is 3. The van der Waals surface area contributed by atoms with Crippen LogP contribution in [-0.4, -0.2) is 10.2 Å². The van der Waals surface area contributed by atoms with Gasteiger partial charge in [0.25, 0.3) is 0 Å². The van der Waals surface area contributed by atoms with E-state index in [4.69, 9.17) is 5.73 Å².